The molecule has 0 spiro atoms. The van der Waals surface area contributed by atoms with Crippen molar-refractivity contribution in [3.05, 3.63) is 75.5 Å². The molecule has 13 heteroatoms. The van der Waals surface area contributed by atoms with E-state index in [1.165, 1.54) is 12.1 Å². The van der Waals surface area contributed by atoms with Crippen molar-refractivity contribution in [3.63, 3.8) is 0 Å². The monoisotopic (exact) mass is 584 g/mol. The Balaban J connectivity index is 1.33. The third-order valence-electron chi connectivity index (χ3n) is 5.78. The van der Waals surface area contributed by atoms with Crippen molar-refractivity contribution < 1.29 is 28.2 Å². The minimum atomic E-state index is -0.674. The van der Waals surface area contributed by atoms with Gasteiger partial charge in [-0.15, -0.1) is 0 Å². The number of carbonyl (C=O) groups is 3. The smallest absolute Gasteiger partial charge is 0.407 e. The highest BCUT2D eigenvalue weighted by Gasteiger charge is 2.16. The standard InChI is InChI=1S/C29H37FN6O6/c1-29(2,3)42-28(40)34-13-15-41-14-12-31-18-25(37)32-10-11-33-26(38)22-16-19(8-9-23(22)30)17-24-20-6-4-5-7-21(20)27(39)36-35-24/h4-9,16,31H,10-15,17-18H2,1-3H3,(H,32,37)(H,33,38)(H,34,40)(H,36,39). The van der Waals surface area contributed by atoms with Gasteiger partial charge in [-0.3, -0.25) is 14.4 Å². The first-order valence-corrected chi connectivity index (χ1v) is 13.6. The van der Waals surface area contributed by atoms with Crippen molar-refractivity contribution in [1.29, 1.82) is 0 Å². The van der Waals surface area contributed by atoms with Crippen LogP contribution in [0.5, 0.6) is 0 Å². The summed E-state index contributed by atoms with van der Waals surface area (Å²) in [5.74, 6) is -1.56. The van der Waals surface area contributed by atoms with Gasteiger partial charge in [0, 0.05) is 38.0 Å². The molecule has 0 unspecified atom stereocenters. The number of nitrogens with zero attached hydrogens (tertiary/aromatic N) is 1. The van der Waals surface area contributed by atoms with E-state index in [1.54, 1.807) is 51.1 Å². The number of hydrogen-bond acceptors (Lipinski definition) is 8. The molecule has 2 aromatic carbocycles. The number of carbonyl (C=O) groups excluding carboxylic acids is 3. The number of aromatic amines is 1. The molecule has 0 bridgehead atoms. The van der Waals surface area contributed by atoms with Crippen LogP contribution in [0.3, 0.4) is 0 Å². The number of fused-ring (bicyclic) bond motifs is 1. The van der Waals surface area contributed by atoms with Gasteiger partial charge in [0.15, 0.2) is 0 Å². The summed E-state index contributed by atoms with van der Waals surface area (Å²) in [4.78, 5) is 48.1. The number of aromatic nitrogens is 2. The van der Waals surface area contributed by atoms with Crippen molar-refractivity contribution in [3.8, 4) is 0 Å². The molecule has 1 heterocycles. The average molecular weight is 585 g/mol. The van der Waals surface area contributed by atoms with Gasteiger partial charge >= 0.3 is 6.09 Å². The molecule has 3 aromatic rings. The fraction of sp³-hybridized carbons (Fsp3) is 0.414. The molecule has 0 fully saturated rings. The fourth-order valence-corrected chi connectivity index (χ4v) is 3.88. The van der Waals surface area contributed by atoms with E-state index in [2.05, 4.69) is 31.5 Å². The molecule has 0 atom stereocenters. The molecule has 5 N–H and O–H groups in total. The van der Waals surface area contributed by atoms with Crippen LogP contribution in [0.2, 0.25) is 0 Å². The predicted octanol–water partition coefficient (Wildman–Crippen LogP) is 1.63. The predicted molar refractivity (Wildman–Crippen MR) is 155 cm³/mol. The van der Waals surface area contributed by atoms with E-state index in [9.17, 15) is 23.6 Å². The number of benzene rings is 2. The summed E-state index contributed by atoms with van der Waals surface area (Å²) in [6.45, 7) is 7.04. The van der Waals surface area contributed by atoms with Crippen LogP contribution in [0.1, 0.15) is 42.4 Å². The van der Waals surface area contributed by atoms with Gasteiger partial charge in [-0.25, -0.2) is 14.3 Å². The quantitative estimate of drug-likeness (QED) is 0.179. The lowest BCUT2D eigenvalue weighted by molar-refractivity contribution is -0.120. The van der Waals surface area contributed by atoms with E-state index < -0.39 is 23.4 Å². The summed E-state index contributed by atoms with van der Waals surface area (Å²) < 4.78 is 24.9. The molecule has 0 saturated heterocycles. The van der Waals surface area contributed by atoms with Gasteiger partial charge < -0.3 is 30.7 Å². The molecule has 42 heavy (non-hydrogen) atoms. The van der Waals surface area contributed by atoms with Crippen LogP contribution >= 0.6 is 0 Å². The number of ether oxygens (including phenoxy) is 2. The maximum Gasteiger partial charge on any atom is 0.407 e. The second kappa shape index (κ2) is 15.6. The van der Waals surface area contributed by atoms with Gasteiger partial charge in [0.2, 0.25) is 5.91 Å². The molecule has 0 aliphatic heterocycles. The number of alkyl carbamates (subject to hydrolysis) is 1. The maximum absolute atomic E-state index is 14.4. The second-order valence-electron chi connectivity index (χ2n) is 10.4. The third-order valence-corrected chi connectivity index (χ3v) is 5.78. The van der Waals surface area contributed by atoms with Gasteiger partial charge in [0.25, 0.3) is 11.5 Å². The first-order chi connectivity index (χ1) is 20.0. The Morgan fingerprint density at radius 2 is 1.64 bits per heavy atom. The lowest BCUT2D eigenvalue weighted by atomic mass is 10.0. The average Bonchev–Trinajstić information content (AvgIpc) is 2.94. The first kappa shape index (κ1) is 32.2. The molecule has 0 aliphatic rings. The molecule has 3 rings (SSSR count). The minimum absolute atomic E-state index is 0.0532. The highest BCUT2D eigenvalue weighted by atomic mass is 19.1. The fourth-order valence-electron chi connectivity index (χ4n) is 3.88. The largest absolute Gasteiger partial charge is 0.444 e. The Morgan fingerprint density at radius 3 is 2.40 bits per heavy atom. The molecule has 1 aromatic heterocycles. The number of amides is 3. The maximum atomic E-state index is 14.4. The number of hydrogen-bond donors (Lipinski definition) is 5. The van der Waals surface area contributed by atoms with Crippen molar-refractivity contribution in [1.82, 2.24) is 31.5 Å². The zero-order valence-corrected chi connectivity index (χ0v) is 24.0. The highest BCUT2D eigenvalue weighted by Crippen LogP contribution is 2.18. The summed E-state index contributed by atoms with van der Waals surface area (Å²) in [7, 11) is 0. The molecule has 0 saturated carbocycles. The Kier molecular flexibility index (Phi) is 11.9. The van der Waals surface area contributed by atoms with Crippen molar-refractivity contribution in [2.45, 2.75) is 32.8 Å². The molecular formula is C29H37FN6O6. The van der Waals surface area contributed by atoms with Gasteiger partial charge in [0.05, 0.1) is 36.4 Å². The number of H-pyrrole nitrogens is 1. The van der Waals surface area contributed by atoms with Gasteiger partial charge in [-0.05, 0) is 44.5 Å². The summed E-state index contributed by atoms with van der Waals surface area (Å²) in [6.07, 6.45) is -0.223. The second-order valence-corrected chi connectivity index (χ2v) is 10.4. The van der Waals surface area contributed by atoms with Crippen LogP contribution in [0.25, 0.3) is 10.8 Å². The minimum Gasteiger partial charge on any atom is -0.444 e. The molecule has 12 nitrogen and oxygen atoms in total. The van der Waals surface area contributed by atoms with E-state index in [1.807, 2.05) is 0 Å². The molecule has 3 amide bonds. The number of halogens is 1. The van der Waals surface area contributed by atoms with Crippen LogP contribution < -0.4 is 26.8 Å². The Morgan fingerprint density at radius 1 is 0.929 bits per heavy atom. The molecular weight excluding hydrogens is 547 g/mol. The van der Waals surface area contributed by atoms with E-state index in [0.29, 0.717) is 48.3 Å². The van der Waals surface area contributed by atoms with Crippen LogP contribution in [0, 0.1) is 5.82 Å². The Labute approximate surface area is 242 Å². The van der Waals surface area contributed by atoms with Gasteiger partial charge in [0.1, 0.15) is 11.4 Å². The summed E-state index contributed by atoms with van der Waals surface area (Å²) >= 11 is 0. The number of rotatable bonds is 14. The molecule has 226 valence electrons. The first-order valence-electron chi connectivity index (χ1n) is 13.6. The SMILES string of the molecule is CC(C)(C)OC(=O)NCCOCCNCC(=O)NCCNC(=O)c1cc(Cc2n[nH]c(=O)c3ccccc23)ccc1F. The zero-order chi connectivity index (χ0) is 30.5. The number of nitrogens with one attached hydrogen (secondary N) is 5. The van der Waals surface area contributed by atoms with Crippen LogP contribution in [-0.2, 0) is 20.7 Å². The topological polar surface area (TPSA) is 164 Å². The van der Waals surface area contributed by atoms with E-state index >= 15 is 0 Å². The van der Waals surface area contributed by atoms with Crippen LogP contribution in [-0.4, -0.2) is 79.6 Å². The lowest BCUT2D eigenvalue weighted by Gasteiger charge is -2.19. The normalized spacial score (nSPS) is 11.2. The lowest BCUT2D eigenvalue weighted by Crippen LogP contribution is -2.39. The van der Waals surface area contributed by atoms with Crippen molar-refractivity contribution in [2.24, 2.45) is 0 Å². The summed E-state index contributed by atoms with van der Waals surface area (Å²) in [6, 6.07) is 11.3. The van der Waals surface area contributed by atoms with Crippen LogP contribution in [0.15, 0.2) is 47.3 Å². The van der Waals surface area contributed by atoms with Crippen molar-refractivity contribution >= 4 is 28.7 Å². The third kappa shape index (κ3) is 10.6. The Hall–Kier alpha value is -4.36. The molecule has 0 radical (unpaired) electrons. The van der Waals surface area contributed by atoms with Crippen LogP contribution in [0.4, 0.5) is 9.18 Å². The summed E-state index contributed by atoms with van der Waals surface area (Å²) in [5, 5.41) is 18.6. The Bertz CT molecular complexity index is 1440. The van der Waals surface area contributed by atoms with Crippen molar-refractivity contribution in [2.75, 3.05) is 45.9 Å². The van der Waals surface area contributed by atoms with Gasteiger partial charge in [-0.2, -0.15) is 5.10 Å². The molecule has 0 aliphatic carbocycles. The highest BCUT2D eigenvalue weighted by molar-refractivity contribution is 5.94. The van der Waals surface area contributed by atoms with E-state index in [0.717, 1.165) is 0 Å². The van der Waals surface area contributed by atoms with E-state index in [4.69, 9.17) is 9.47 Å². The van der Waals surface area contributed by atoms with E-state index in [-0.39, 0.29) is 43.1 Å². The van der Waals surface area contributed by atoms with Gasteiger partial charge in [-0.1, -0.05) is 24.3 Å². The zero-order valence-electron chi connectivity index (χ0n) is 24.0. The summed E-state index contributed by atoms with van der Waals surface area (Å²) in [5.41, 5.74) is 0.255.